The molecule has 0 spiro atoms. The molecule has 100 valence electrons. The van der Waals surface area contributed by atoms with E-state index in [1.807, 2.05) is 26.0 Å². The summed E-state index contributed by atoms with van der Waals surface area (Å²) >= 11 is 6.05. The molecular weight excluding hydrogens is 262 g/mol. The predicted molar refractivity (Wildman–Crippen MR) is 76.7 cm³/mol. The number of hydrogen-bond acceptors (Lipinski definition) is 4. The van der Waals surface area contributed by atoms with Gasteiger partial charge in [0.25, 0.3) is 0 Å². The van der Waals surface area contributed by atoms with Gasteiger partial charge < -0.3 is 10.1 Å². The minimum absolute atomic E-state index is 0.597. The summed E-state index contributed by atoms with van der Waals surface area (Å²) in [4.78, 5) is 8.26. The van der Waals surface area contributed by atoms with E-state index < -0.39 is 0 Å². The standard InChI is InChI=1S/C14H16ClN3O/c1-3-19-13-8-11(15)7-10(2)12(13)9-18-14-16-5-4-6-17-14/h4-8H,3,9H2,1-2H3,(H,16,17,18). The van der Waals surface area contributed by atoms with Crippen LogP contribution >= 0.6 is 11.6 Å². The lowest BCUT2D eigenvalue weighted by molar-refractivity contribution is 0.336. The quantitative estimate of drug-likeness (QED) is 0.909. The third-order valence-corrected chi connectivity index (χ3v) is 2.90. The highest BCUT2D eigenvalue weighted by molar-refractivity contribution is 6.30. The number of halogens is 1. The average molecular weight is 278 g/mol. The van der Waals surface area contributed by atoms with Crippen LogP contribution < -0.4 is 10.1 Å². The Hall–Kier alpha value is -1.81. The highest BCUT2D eigenvalue weighted by atomic mass is 35.5. The van der Waals surface area contributed by atoms with Gasteiger partial charge in [0.05, 0.1) is 6.61 Å². The van der Waals surface area contributed by atoms with Crippen LogP contribution in [0.3, 0.4) is 0 Å². The van der Waals surface area contributed by atoms with Gasteiger partial charge in [0, 0.05) is 29.5 Å². The molecule has 4 nitrogen and oxygen atoms in total. The molecule has 2 rings (SSSR count). The number of hydrogen-bond donors (Lipinski definition) is 1. The van der Waals surface area contributed by atoms with Crippen molar-refractivity contribution in [2.45, 2.75) is 20.4 Å². The second-order valence-electron chi connectivity index (χ2n) is 4.06. The van der Waals surface area contributed by atoms with Gasteiger partial charge in [-0.2, -0.15) is 0 Å². The van der Waals surface area contributed by atoms with Crippen molar-refractivity contribution in [3.63, 3.8) is 0 Å². The van der Waals surface area contributed by atoms with Crippen molar-refractivity contribution in [3.8, 4) is 5.75 Å². The Morgan fingerprint density at radius 1 is 1.26 bits per heavy atom. The van der Waals surface area contributed by atoms with E-state index in [0.29, 0.717) is 24.1 Å². The molecule has 0 unspecified atom stereocenters. The molecule has 2 aromatic rings. The maximum Gasteiger partial charge on any atom is 0.222 e. The number of aromatic nitrogens is 2. The molecule has 19 heavy (non-hydrogen) atoms. The first-order valence-corrected chi connectivity index (χ1v) is 6.51. The number of rotatable bonds is 5. The molecule has 0 aliphatic heterocycles. The summed E-state index contributed by atoms with van der Waals surface area (Å²) in [5.41, 5.74) is 2.15. The fourth-order valence-electron chi connectivity index (χ4n) is 1.81. The Kier molecular flexibility index (Phi) is 4.58. The summed E-state index contributed by atoms with van der Waals surface area (Å²) in [6, 6.07) is 5.54. The predicted octanol–water partition coefficient (Wildman–Crippen LogP) is 3.45. The number of nitrogens with zero attached hydrogens (tertiary/aromatic N) is 2. The first-order valence-electron chi connectivity index (χ1n) is 6.13. The maximum atomic E-state index is 6.05. The summed E-state index contributed by atoms with van der Waals surface area (Å²) in [6.07, 6.45) is 3.40. The fourth-order valence-corrected chi connectivity index (χ4v) is 2.07. The summed E-state index contributed by atoms with van der Waals surface area (Å²) < 4.78 is 5.62. The molecule has 0 aliphatic rings. The summed E-state index contributed by atoms with van der Waals surface area (Å²) in [5.74, 6) is 1.40. The SMILES string of the molecule is CCOc1cc(Cl)cc(C)c1CNc1ncccn1. The molecule has 1 heterocycles. The van der Waals surface area contributed by atoms with Gasteiger partial charge in [-0.15, -0.1) is 0 Å². The third kappa shape index (κ3) is 3.58. The summed E-state index contributed by atoms with van der Waals surface area (Å²) in [7, 11) is 0. The molecule has 0 fully saturated rings. The van der Waals surface area contributed by atoms with Crippen molar-refractivity contribution in [1.82, 2.24) is 9.97 Å². The van der Waals surface area contributed by atoms with Crippen molar-refractivity contribution in [3.05, 3.63) is 46.7 Å². The normalized spacial score (nSPS) is 10.3. The van der Waals surface area contributed by atoms with E-state index in [9.17, 15) is 0 Å². The van der Waals surface area contributed by atoms with Gasteiger partial charge in [-0.3, -0.25) is 0 Å². The van der Waals surface area contributed by atoms with Crippen LogP contribution in [0.5, 0.6) is 5.75 Å². The number of aryl methyl sites for hydroxylation is 1. The molecule has 1 aromatic carbocycles. The molecule has 0 saturated heterocycles. The Labute approximate surface area is 117 Å². The first-order chi connectivity index (χ1) is 9.20. The first kappa shape index (κ1) is 13.6. The number of nitrogens with one attached hydrogen (secondary N) is 1. The lowest BCUT2D eigenvalue weighted by Crippen LogP contribution is -2.07. The van der Waals surface area contributed by atoms with E-state index in [2.05, 4.69) is 15.3 Å². The second kappa shape index (κ2) is 6.38. The largest absolute Gasteiger partial charge is 0.493 e. The zero-order chi connectivity index (χ0) is 13.7. The van der Waals surface area contributed by atoms with E-state index in [1.165, 1.54) is 0 Å². The Morgan fingerprint density at radius 2 is 2.00 bits per heavy atom. The van der Waals surface area contributed by atoms with Gasteiger partial charge in [-0.25, -0.2) is 9.97 Å². The van der Waals surface area contributed by atoms with Gasteiger partial charge >= 0.3 is 0 Å². The van der Waals surface area contributed by atoms with Crippen molar-refractivity contribution in [2.75, 3.05) is 11.9 Å². The highest BCUT2D eigenvalue weighted by Crippen LogP contribution is 2.27. The fraction of sp³-hybridized carbons (Fsp3) is 0.286. The molecule has 0 aliphatic carbocycles. The minimum Gasteiger partial charge on any atom is -0.493 e. The molecule has 0 radical (unpaired) electrons. The van der Waals surface area contributed by atoms with Gasteiger partial charge in [0.15, 0.2) is 0 Å². The van der Waals surface area contributed by atoms with E-state index in [4.69, 9.17) is 16.3 Å². The number of benzene rings is 1. The number of anilines is 1. The maximum absolute atomic E-state index is 6.05. The van der Waals surface area contributed by atoms with Crippen LogP contribution in [0.1, 0.15) is 18.1 Å². The molecule has 1 N–H and O–H groups in total. The van der Waals surface area contributed by atoms with Crippen LogP contribution in [-0.4, -0.2) is 16.6 Å². The van der Waals surface area contributed by atoms with Crippen LogP contribution in [0.2, 0.25) is 5.02 Å². The summed E-state index contributed by atoms with van der Waals surface area (Å²) in [6.45, 7) is 5.17. The van der Waals surface area contributed by atoms with Gasteiger partial charge in [0.1, 0.15) is 5.75 Å². The molecule has 0 bridgehead atoms. The van der Waals surface area contributed by atoms with E-state index in [-0.39, 0.29) is 0 Å². The van der Waals surface area contributed by atoms with Crippen LogP contribution in [0.4, 0.5) is 5.95 Å². The Bertz CT molecular complexity index is 546. The monoisotopic (exact) mass is 277 g/mol. The van der Waals surface area contributed by atoms with Gasteiger partial charge in [0.2, 0.25) is 5.95 Å². The smallest absolute Gasteiger partial charge is 0.222 e. The van der Waals surface area contributed by atoms with Gasteiger partial charge in [-0.05, 0) is 37.6 Å². The van der Waals surface area contributed by atoms with E-state index >= 15 is 0 Å². The second-order valence-corrected chi connectivity index (χ2v) is 4.49. The molecule has 0 atom stereocenters. The third-order valence-electron chi connectivity index (χ3n) is 2.69. The lowest BCUT2D eigenvalue weighted by Gasteiger charge is -2.14. The zero-order valence-electron chi connectivity index (χ0n) is 11.0. The lowest BCUT2D eigenvalue weighted by atomic mass is 10.1. The molecule has 0 amide bonds. The molecule has 0 saturated carbocycles. The van der Waals surface area contributed by atoms with E-state index in [1.54, 1.807) is 18.5 Å². The Balaban J connectivity index is 2.19. The van der Waals surface area contributed by atoms with Crippen LogP contribution in [-0.2, 0) is 6.54 Å². The Morgan fingerprint density at radius 3 is 2.68 bits per heavy atom. The van der Waals surface area contributed by atoms with Crippen molar-refractivity contribution >= 4 is 17.5 Å². The average Bonchev–Trinajstić information content (AvgIpc) is 2.39. The van der Waals surface area contributed by atoms with Crippen LogP contribution in [0.15, 0.2) is 30.6 Å². The number of ether oxygens (including phenoxy) is 1. The molecule has 5 heteroatoms. The van der Waals surface area contributed by atoms with Crippen LogP contribution in [0, 0.1) is 6.92 Å². The van der Waals surface area contributed by atoms with Crippen LogP contribution in [0.25, 0.3) is 0 Å². The van der Waals surface area contributed by atoms with Crippen molar-refractivity contribution < 1.29 is 4.74 Å². The van der Waals surface area contributed by atoms with Crippen molar-refractivity contribution in [1.29, 1.82) is 0 Å². The molecule has 1 aromatic heterocycles. The molecular formula is C14H16ClN3O. The summed E-state index contributed by atoms with van der Waals surface area (Å²) in [5, 5.41) is 3.86. The van der Waals surface area contributed by atoms with Crippen molar-refractivity contribution in [2.24, 2.45) is 0 Å². The van der Waals surface area contributed by atoms with Gasteiger partial charge in [-0.1, -0.05) is 11.6 Å². The minimum atomic E-state index is 0.597. The van der Waals surface area contributed by atoms with E-state index in [0.717, 1.165) is 16.9 Å². The zero-order valence-corrected chi connectivity index (χ0v) is 11.7. The highest BCUT2D eigenvalue weighted by Gasteiger charge is 2.09. The topological polar surface area (TPSA) is 47.0 Å².